The summed E-state index contributed by atoms with van der Waals surface area (Å²) >= 11 is 3.11. The van der Waals surface area contributed by atoms with Gasteiger partial charge in [0.15, 0.2) is 0 Å². The third-order valence-electron chi connectivity index (χ3n) is 5.69. The first kappa shape index (κ1) is 23.0. The fourth-order valence-corrected chi connectivity index (χ4v) is 5.64. The molecule has 1 aliphatic heterocycles. The van der Waals surface area contributed by atoms with Crippen molar-refractivity contribution in [2.45, 2.75) is 17.6 Å². The lowest BCUT2D eigenvalue weighted by atomic mass is 10.1. The number of para-hydroxylation sites is 1. The molecule has 0 bridgehead atoms. The molecule has 1 aliphatic rings. The number of hydrogen-bond acceptors (Lipinski definition) is 7. The van der Waals surface area contributed by atoms with Gasteiger partial charge in [-0.2, -0.15) is 0 Å². The van der Waals surface area contributed by atoms with Crippen molar-refractivity contribution in [3.63, 3.8) is 0 Å². The van der Waals surface area contributed by atoms with Gasteiger partial charge in [0, 0.05) is 23.4 Å². The highest BCUT2D eigenvalue weighted by Crippen LogP contribution is 2.28. The molecule has 2 aromatic heterocycles. The van der Waals surface area contributed by atoms with Gasteiger partial charge >= 0.3 is 0 Å². The fourth-order valence-electron chi connectivity index (χ4n) is 3.99. The number of benzene rings is 2. The molecule has 8 heteroatoms. The van der Waals surface area contributed by atoms with E-state index in [1.807, 2.05) is 66.0 Å². The van der Waals surface area contributed by atoms with Gasteiger partial charge in [-0.3, -0.25) is 9.69 Å². The summed E-state index contributed by atoms with van der Waals surface area (Å²) in [5.74, 6) is 1.04. The van der Waals surface area contributed by atoms with Crippen molar-refractivity contribution >= 4 is 39.9 Å². The normalized spacial score (nSPS) is 15.3. The van der Waals surface area contributed by atoms with Gasteiger partial charge in [-0.05, 0) is 23.1 Å². The number of ether oxygens (including phenoxy) is 1. The number of carbonyl (C=O) groups excluding carboxylic acids is 1. The maximum absolute atomic E-state index is 13.0. The summed E-state index contributed by atoms with van der Waals surface area (Å²) < 4.78 is 5.46. The molecule has 5 rings (SSSR count). The fraction of sp³-hybridized carbons (Fsp3) is 0.269. The van der Waals surface area contributed by atoms with Gasteiger partial charge < -0.3 is 10.1 Å². The van der Waals surface area contributed by atoms with Crippen LogP contribution in [0.2, 0.25) is 0 Å². The minimum absolute atomic E-state index is 0.0234. The summed E-state index contributed by atoms with van der Waals surface area (Å²) in [7, 11) is 0. The quantitative estimate of drug-likeness (QED) is 0.289. The summed E-state index contributed by atoms with van der Waals surface area (Å²) in [5.41, 5.74) is 1.98. The lowest BCUT2D eigenvalue weighted by Gasteiger charge is -2.26. The second kappa shape index (κ2) is 11.1. The number of rotatable bonds is 8. The Hall–Kier alpha value is -2.78. The van der Waals surface area contributed by atoms with Crippen molar-refractivity contribution in [2.24, 2.45) is 0 Å². The maximum Gasteiger partial charge on any atom is 0.231 e. The predicted octanol–water partition coefficient (Wildman–Crippen LogP) is 4.52. The van der Waals surface area contributed by atoms with E-state index in [0.29, 0.717) is 6.54 Å². The topological polar surface area (TPSA) is 67.4 Å². The molecule has 0 saturated carbocycles. The number of carbonyl (C=O) groups is 1. The highest BCUT2D eigenvalue weighted by molar-refractivity contribution is 8.00. The Morgan fingerprint density at radius 2 is 1.82 bits per heavy atom. The number of hydrogen-bond donors (Lipinski definition) is 1. The molecule has 0 unspecified atom stereocenters. The Kier molecular flexibility index (Phi) is 7.50. The molecule has 34 heavy (non-hydrogen) atoms. The van der Waals surface area contributed by atoms with Crippen LogP contribution in [0.1, 0.15) is 22.3 Å². The van der Waals surface area contributed by atoms with E-state index in [9.17, 15) is 4.79 Å². The van der Waals surface area contributed by atoms with Crippen LogP contribution in [0.25, 0.3) is 10.9 Å². The van der Waals surface area contributed by atoms with Crippen LogP contribution in [0.4, 0.5) is 0 Å². The monoisotopic (exact) mass is 490 g/mol. The van der Waals surface area contributed by atoms with Crippen LogP contribution < -0.4 is 5.32 Å². The number of fused-ring (bicyclic) bond motifs is 1. The number of nitrogens with zero attached hydrogens (tertiary/aromatic N) is 3. The highest BCUT2D eigenvalue weighted by atomic mass is 32.2. The average molecular weight is 491 g/mol. The average Bonchev–Trinajstić information content (AvgIpc) is 3.42. The number of amides is 1. The van der Waals surface area contributed by atoms with Crippen LogP contribution in [0.3, 0.4) is 0 Å². The molecular formula is C26H26N4O2S2. The predicted molar refractivity (Wildman–Crippen MR) is 137 cm³/mol. The third-order valence-corrected chi connectivity index (χ3v) is 7.62. The maximum atomic E-state index is 13.0. The van der Waals surface area contributed by atoms with Crippen molar-refractivity contribution in [3.05, 3.63) is 88.4 Å². The van der Waals surface area contributed by atoms with Crippen molar-refractivity contribution in [3.8, 4) is 0 Å². The van der Waals surface area contributed by atoms with Crippen molar-refractivity contribution in [1.82, 2.24) is 20.2 Å². The number of nitrogens with one attached hydrogen (secondary N) is 1. The van der Waals surface area contributed by atoms with Gasteiger partial charge in [0.25, 0.3) is 0 Å². The van der Waals surface area contributed by atoms with Gasteiger partial charge in [0.1, 0.15) is 10.9 Å². The van der Waals surface area contributed by atoms with Crippen molar-refractivity contribution in [2.75, 3.05) is 32.1 Å². The molecule has 0 spiro atoms. The number of thiophene rings is 1. The van der Waals surface area contributed by atoms with E-state index in [1.165, 1.54) is 11.8 Å². The Labute approximate surface area is 207 Å². The van der Waals surface area contributed by atoms with Crippen molar-refractivity contribution < 1.29 is 9.53 Å². The largest absolute Gasteiger partial charge is 0.379 e. The van der Waals surface area contributed by atoms with Crippen LogP contribution in [0.5, 0.6) is 0 Å². The Morgan fingerprint density at radius 3 is 2.62 bits per heavy atom. The molecule has 1 amide bonds. The zero-order valence-corrected chi connectivity index (χ0v) is 20.4. The lowest BCUT2D eigenvalue weighted by Crippen LogP contribution is -2.36. The van der Waals surface area contributed by atoms with E-state index in [0.717, 1.165) is 58.5 Å². The molecule has 3 heterocycles. The van der Waals surface area contributed by atoms with E-state index in [1.54, 1.807) is 11.3 Å². The van der Waals surface area contributed by atoms with E-state index in [4.69, 9.17) is 14.7 Å². The second-order valence-electron chi connectivity index (χ2n) is 8.07. The summed E-state index contributed by atoms with van der Waals surface area (Å²) in [5, 5.41) is 7.08. The zero-order valence-electron chi connectivity index (χ0n) is 18.7. The van der Waals surface area contributed by atoms with Crippen LogP contribution in [0.15, 0.2) is 77.1 Å². The molecule has 1 atom stereocenters. The minimum atomic E-state index is -0.159. The Balaban J connectivity index is 1.32. The van der Waals surface area contributed by atoms with E-state index >= 15 is 0 Å². The summed E-state index contributed by atoms with van der Waals surface area (Å²) in [6, 6.07) is 22.0. The molecule has 4 aromatic rings. The van der Waals surface area contributed by atoms with Gasteiger partial charge in [-0.1, -0.05) is 66.4 Å². The molecule has 1 fully saturated rings. The second-order valence-corrected chi connectivity index (χ2v) is 10.0. The highest BCUT2D eigenvalue weighted by Gasteiger charge is 2.19. The van der Waals surface area contributed by atoms with Gasteiger partial charge in [-0.15, -0.1) is 11.3 Å². The summed E-state index contributed by atoms with van der Waals surface area (Å²) in [4.78, 5) is 26.1. The van der Waals surface area contributed by atoms with E-state index in [-0.39, 0.29) is 17.7 Å². The van der Waals surface area contributed by atoms with Gasteiger partial charge in [-0.25, -0.2) is 9.97 Å². The van der Waals surface area contributed by atoms with Crippen LogP contribution >= 0.6 is 23.1 Å². The molecular weight excluding hydrogens is 464 g/mol. The molecule has 6 nitrogen and oxygen atoms in total. The van der Waals surface area contributed by atoms with Gasteiger partial charge in [0.2, 0.25) is 5.91 Å². The van der Waals surface area contributed by atoms with E-state index in [2.05, 4.69) is 16.3 Å². The summed E-state index contributed by atoms with van der Waals surface area (Å²) in [6.07, 6.45) is 0. The molecule has 2 aromatic carbocycles. The molecule has 0 radical (unpaired) electrons. The zero-order chi connectivity index (χ0) is 23.2. The van der Waals surface area contributed by atoms with E-state index < -0.39 is 0 Å². The van der Waals surface area contributed by atoms with Crippen molar-refractivity contribution in [1.29, 1.82) is 0 Å². The van der Waals surface area contributed by atoms with Crippen LogP contribution in [-0.4, -0.2) is 52.8 Å². The van der Waals surface area contributed by atoms with Crippen LogP contribution in [0, 0.1) is 0 Å². The molecule has 1 N–H and O–H groups in total. The standard InChI is InChI=1S/C26H26N4O2S2/c31-24(29-25(22-11-6-16-33-22)19-7-2-1-3-8-19)18-34-26-20-9-4-5-10-21(20)27-23(28-26)17-30-12-14-32-15-13-30/h1-11,16,25H,12-15,17-18H2,(H,29,31)/t25-/m1/s1. The number of thioether (sulfide) groups is 1. The molecule has 174 valence electrons. The Morgan fingerprint density at radius 1 is 1.03 bits per heavy atom. The molecule has 0 aliphatic carbocycles. The Bertz CT molecular complexity index is 1230. The third kappa shape index (κ3) is 5.64. The van der Waals surface area contributed by atoms with Gasteiger partial charge in [0.05, 0.1) is 37.1 Å². The number of aromatic nitrogens is 2. The first-order chi connectivity index (χ1) is 16.8. The SMILES string of the molecule is O=C(CSc1nc(CN2CCOCC2)nc2ccccc12)N[C@H](c1ccccc1)c1cccs1. The number of morpholine rings is 1. The van der Waals surface area contributed by atoms with Crippen LogP contribution in [-0.2, 0) is 16.1 Å². The smallest absolute Gasteiger partial charge is 0.231 e. The first-order valence-corrected chi connectivity index (χ1v) is 13.2. The molecule has 1 saturated heterocycles. The lowest BCUT2D eigenvalue weighted by molar-refractivity contribution is -0.119. The summed E-state index contributed by atoms with van der Waals surface area (Å²) in [6.45, 7) is 3.92. The minimum Gasteiger partial charge on any atom is -0.379 e. The first-order valence-electron chi connectivity index (χ1n) is 11.3.